The lowest BCUT2D eigenvalue weighted by Gasteiger charge is -2.47. The van der Waals surface area contributed by atoms with Crippen molar-refractivity contribution >= 4 is 16.1 Å². The second-order valence-electron chi connectivity index (χ2n) is 10.5. The highest BCUT2D eigenvalue weighted by molar-refractivity contribution is 7.89. The van der Waals surface area contributed by atoms with Crippen molar-refractivity contribution in [1.29, 1.82) is 0 Å². The van der Waals surface area contributed by atoms with Gasteiger partial charge >= 0.3 is 0 Å². The van der Waals surface area contributed by atoms with Gasteiger partial charge in [0.15, 0.2) is 0 Å². The van der Waals surface area contributed by atoms with Gasteiger partial charge in [-0.3, -0.25) is 0 Å². The van der Waals surface area contributed by atoms with Crippen LogP contribution in [0.5, 0.6) is 0 Å². The molecule has 0 N–H and O–H groups in total. The van der Waals surface area contributed by atoms with Gasteiger partial charge in [0, 0.05) is 25.0 Å². The van der Waals surface area contributed by atoms with Crippen LogP contribution in [-0.2, 0) is 16.4 Å². The van der Waals surface area contributed by atoms with E-state index in [2.05, 4.69) is 16.1 Å². The van der Waals surface area contributed by atoms with E-state index < -0.39 is 10.0 Å². The Morgan fingerprint density at radius 1 is 1.00 bits per heavy atom. The van der Waals surface area contributed by atoms with Crippen molar-refractivity contribution in [1.82, 2.24) is 19.0 Å². The monoisotopic (exact) mass is 506 g/mol. The molecule has 1 aromatic heterocycles. The Balaban J connectivity index is 1.37. The molecule has 0 bridgehead atoms. The number of sulfonamides is 1. The maximum atomic E-state index is 13.7. The molecule has 6 rings (SSSR count). The summed E-state index contributed by atoms with van der Waals surface area (Å²) in [5.41, 5.74) is 4.99. The number of fused-ring (bicyclic) bond motifs is 2. The first kappa shape index (κ1) is 23.6. The van der Waals surface area contributed by atoms with Crippen molar-refractivity contribution in [3.8, 4) is 5.69 Å². The Morgan fingerprint density at radius 2 is 1.72 bits per heavy atom. The summed E-state index contributed by atoms with van der Waals surface area (Å²) in [6.45, 7) is 5.85. The highest BCUT2D eigenvalue weighted by atomic mass is 32.2. The number of likely N-dealkylation sites (tertiary alicyclic amines) is 1. The van der Waals surface area contributed by atoms with Crippen LogP contribution >= 0.6 is 0 Å². The number of hydrogen-bond donors (Lipinski definition) is 0. The lowest BCUT2D eigenvalue weighted by Crippen LogP contribution is -2.53. The SMILES string of the molecule is Cc1ccc(S(=O)(=O)N2CCC3=Cc4c(cnn4-c4ccc(F)cc4)C[C@]3(CN3CCCC3)C2)cc1. The fourth-order valence-electron chi connectivity index (χ4n) is 6.06. The van der Waals surface area contributed by atoms with Crippen LogP contribution in [0.25, 0.3) is 11.8 Å². The molecule has 0 amide bonds. The number of aryl methyl sites for hydroxylation is 1. The first-order valence-electron chi connectivity index (χ1n) is 12.7. The maximum absolute atomic E-state index is 13.7. The van der Waals surface area contributed by atoms with Gasteiger partial charge in [-0.1, -0.05) is 23.3 Å². The quantitative estimate of drug-likeness (QED) is 0.514. The molecule has 6 nitrogen and oxygen atoms in total. The van der Waals surface area contributed by atoms with E-state index in [1.165, 1.54) is 30.5 Å². The Bertz CT molecular complexity index is 1410. The lowest BCUT2D eigenvalue weighted by atomic mass is 9.68. The van der Waals surface area contributed by atoms with Crippen molar-refractivity contribution in [2.75, 3.05) is 32.7 Å². The molecule has 0 radical (unpaired) electrons. The third kappa shape index (κ3) is 4.11. The standard InChI is InChI=1S/C28H31FN4O2S/c1-21-4-10-26(11-5-21)36(34,35)32-15-12-23-16-27-22(17-28(23,20-32)19-31-13-2-3-14-31)18-30-33(27)25-8-6-24(29)7-9-25/h4-11,16,18H,2-3,12-15,17,19-20H2,1H3/t28-/m0/s1. The van der Waals surface area contributed by atoms with Crippen molar-refractivity contribution in [3.63, 3.8) is 0 Å². The highest BCUT2D eigenvalue weighted by Gasteiger charge is 2.47. The number of halogens is 1. The van der Waals surface area contributed by atoms with Crippen LogP contribution in [0.2, 0.25) is 0 Å². The van der Waals surface area contributed by atoms with Gasteiger partial charge in [-0.05, 0) is 93.7 Å². The van der Waals surface area contributed by atoms with E-state index in [-0.39, 0.29) is 11.2 Å². The van der Waals surface area contributed by atoms with Gasteiger partial charge < -0.3 is 4.90 Å². The zero-order valence-electron chi connectivity index (χ0n) is 20.5. The highest BCUT2D eigenvalue weighted by Crippen LogP contribution is 2.46. The predicted molar refractivity (Wildman–Crippen MR) is 138 cm³/mol. The maximum Gasteiger partial charge on any atom is 0.243 e. The lowest BCUT2D eigenvalue weighted by molar-refractivity contribution is 0.146. The van der Waals surface area contributed by atoms with Gasteiger partial charge in [-0.15, -0.1) is 0 Å². The molecule has 2 fully saturated rings. The molecule has 2 aliphatic heterocycles. The Hall–Kier alpha value is -2.81. The average Bonchev–Trinajstić information content (AvgIpc) is 3.52. The fraction of sp³-hybridized carbons (Fsp3) is 0.393. The van der Waals surface area contributed by atoms with Gasteiger partial charge in [0.05, 0.1) is 22.5 Å². The molecule has 0 saturated carbocycles. The number of nitrogens with zero attached hydrogens (tertiary/aromatic N) is 4. The van der Waals surface area contributed by atoms with Crippen molar-refractivity contribution in [2.45, 2.75) is 37.5 Å². The van der Waals surface area contributed by atoms with E-state index >= 15 is 0 Å². The largest absolute Gasteiger partial charge is 0.302 e. The number of benzene rings is 2. The smallest absolute Gasteiger partial charge is 0.243 e. The first-order valence-corrected chi connectivity index (χ1v) is 14.1. The normalized spacial score (nSPS) is 22.8. The number of hydrogen-bond acceptors (Lipinski definition) is 4. The van der Waals surface area contributed by atoms with E-state index in [4.69, 9.17) is 0 Å². The van der Waals surface area contributed by atoms with Gasteiger partial charge in [0.2, 0.25) is 10.0 Å². The third-order valence-corrected chi connectivity index (χ3v) is 9.83. The molecule has 2 aromatic carbocycles. The molecule has 3 heterocycles. The Labute approximate surface area is 212 Å². The van der Waals surface area contributed by atoms with Crippen LogP contribution in [0, 0.1) is 18.2 Å². The minimum atomic E-state index is -3.59. The Morgan fingerprint density at radius 3 is 2.44 bits per heavy atom. The third-order valence-electron chi connectivity index (χ3n) is 7.97. The van der Waals surface area contributed by atoms with Gasteiger partial charge in [-0.2, -0.15) is 9.40 Å². The molecule has 36 heavy (non-hydrogen) atoms. The molecule has 3 aliphatic rings. The topological polar surface area (TPSA) is 58.4 Å². The second-order valence-corrected chi connectivity index (χ2v) is 12.4. The molecule has 0 unspecified atom stereocenters. The Kier molecular flexibility index (Phi) is 5.85. The van der Waals surface area contributed by atoms with Crippen molar-refractivity contribution in [3.05, 3.63) is 82.9 Å². The summed E-state index contributed by atoms with van der Waals surface area (Å²) < 4.78 is 44.4. The summed E-state index contributed by atoms with van der Waals surface area (Å²) in [6.07, 6.45) is 7.92. The van der Waals surface area contributed by atoms with E-state index in [9.17, 15) is 12.8 Å². The van der Waals surface area contributed by atoms with Gasteiger partial charge in [-0.25, -0.2) is 17.5 Å². The summed E-state index contributed by atoms with van der Waals surface area (Å²) in [4.78, 5) is 2.85. The number of rotatable bonds is 5. The average molecular weight is 507 g/mol. The van der Waals surface area contributed by atoms with Gasteiger partial charge in [0.1, 0.15) is 5.82 Å². The molecule has 188 valence electrons. The second kappa shape index (κ2) is 8.94. The van der Waals surface area contributed by atoms with Crippen molar-refractivity contribution in [2.24, 2.45) is 5.41 Å². The molecule has 8 heteroatoms. The number of piperidine rings is 1. The van der Waals surface area contributed by atoms with Crippen LogP contribution in [0.4, 0.5) is 4.39 Å². The zero-order valence-corrected chi connectivity index (χ0v) is 21.3. The fourth-order valence-corrected chi connectivity index (χ4v) is 7.59. The zero-order chi connectivity index (χ0) is 24.9. The summed E-state index contributed by atoms with van der Waals surface area (Å²) in [7, 11) is -3.59. The molecule has 2 saturated heterocycles. The van der Waals surface area contributed by atoms with E-state index in [0.29, 0.717) is 24.4 Å². The summed E-state index contributed by atoms with van der Waals surface area (Å²) >= 11 is 0. The predicted octanol–water partition coefficient (Wildman–Crippen LogP) is 4.44. The molecule has 0 spiro atoms. The minimum Gasteiger partial charge on any atom is -0.302 e. The molecule has 1 atom stereocenters. The first-order chi connectivity index (χ1) is 17.3. The van der Waals surface area contributed by atoms with E-state index in [1.54, 1.807) is 28.6 Å². The molecule has 3 aromatic rings. The molecule has 1 aliphatic carbocycles. The number of aromatic nitrogens is 2. The molecular weight excluding hydrogens is 475 g/mol. The van der Waals surface area contributed by atoms with Crippen LogP contribution in [0.15, 0.2) is 65.2 Å². The summed E-state index contributed by atoms with van der Waals surface area (Å²) in [5, 5.41) is 4.65. The minimum absolute atomic E-state index is 0.273. The summed E-state index contributed by atoms with van der Waals surface area (Å²) in [6, 6.07) is 13.5. The van der Waals surface area contributed by atoms with Crippen molar-refractivity contribution < 1.29 is 12.8 Å². The van der Waals surface area contributed by atoms with E-state index in [1.807, 2.05) is 29.9 Å². The van der Waals surface area contributed by atoms with Crippen LogP contribution in [-0.4, -0.2) is 60.1 Å². The van der Waals surface area contributed by atoms with Gasteiger partial charge in [0.25, 0.3) is 0 Å². The van der Waals surface area contributed by atoms with E-state index in [0.717, 1.165) is 48.6 Å². The molecular formula is C28H31FN4O2S. The van der Waals surface area contributed by atoms with Crippen LogP contribution in [0.1, 0.15) is 36.1 Å². The van der Waals surface area contributed by atoms with Crippen LogP contribution < -0.4 is 0 Å². The summed E-state index contributed by atoms with van der Waals surface area (Å²) in [5.74, 6) is -0.273. The van der Waals surface area contributed by atoms with Crippen LogP contribution in [0.3, 0.4) is 0 Å².